The molecule has 30 heavy (non-hydrogen) atoms. The van der Waals surface area contributed by atoms with Crippen molar-refractivity contribution in [1.82, 2.24) is 9.55 Å². The van der Waals surface area contributed by atoms with E-state index in [9.17, 15) is 9.90 Å². The molecule has 0 aliphatic heterocycles. The number of rotatable bonds is 10. The van der Waals surface area contributed by atoms with Crippen molar-refractivity contribution in [3.05, 3.63) is 66.5 Å². The van der Waals surface area contributed by atoms with Gasteiger partial charge in [0, 0.05) is 32.2 Å². The Hall–Kier alpha value is -2.70. The van der Waals surface area contributed by atoms with E-state index in [4.69, 9.17) is 9.72 Å². The average Bonchev–Trinajstić information content (AvgIpc) is 3.08. The van der Waals surface area contributed by atoms with Crippen LogP contribution in [0.5, 0.6) is 0 Å². The van der Waals surface area contributed by atoms with E-state index in [1.54, 1.807) is 0 Å². The molecular formula is C24H30N2O3Si. The van der Waals surface area contributed by atoms with E-state index < -0.39 is 14.0 Å². The average molecular weight is 423 g/mol. The van der Waals surface area contributed by atoms with E-state index >= 15 is 0 Å². The highest BCUT2D eigenvalue weighted by Crippen LogP contribution is 2.33. The topological polar surface area (TPSA) is 64.3 Å². The van der Waals surface area contributed by atoms with Crippen LogP contribution < -0.4 is 0 Å². The van der Waals surface area contributed by atoms with Crippen molar-refractivity contribution in [2.24, 2.45) is 0 Å². The molecule has 1 aromatic heterocycles. The van der Waals surface area contributed by atoms with Crippen LogP contribution >= 0.6 is 0 Å². The molecule has 2 aromatic carbocycles. The lowest BCUT2D eigenvalue weighted by Gasteiger charge is -2.17. The van der Waals surface area contributed by atoms with E-state index in [0.29, 0.717) is 19.8 Å². The molecule has 0 unspecified atom stereocenters. The molecule has 0 saturated carbocycles. The van der Waals surface area contributed by atoms with Crippen LogP contribution in [0.3, 0.4) is 0 Å². The standard InChI is InChI=1S/C24H30N2O3Si/c1-30(2,3)17-16-29-18-26-21(14-15-22(27)28)25-23(19-10-6-4-7-11-19)24(26)20-12-8-5-9-13-20/h4-13H,14-18H2,1-3H3,(H,27,28). The van der Waals surface area contributed by atoms with E-state index in [2.05, 4.69) is 31.8 Å². The first-order chi connectivity index (χ1) is 14.3. The molecule has 0 saturated heterocycles. The first-order valence-corrected chi connectivity index (χ1v) is 14.1. The highest BCUT2D eigenvalue weighted by atomic mass is 28.3. The Labute approximate surface area is 179 Å². The van der Waals surface area contributed by atoms with Crippen LogP contribution in [0.15, 0.2) is 60.7 Å². The normalized spacial score (nSPS) is 11.6. The van der Waals surface area contributed by atoms with Gasteiger partial charge in [-0.15, -0.1) is 0 Å². The Morgan fingerprint density at radius 3 is 2.17 bits per heavy atom. The molecule has 0 spiro atoms. The second kappa shape index (κ2) is 9.87. The maximum absolute atomic E-state index is 11.2. The predicted molar refractivity (Wildman–Crippen MR) is 123 cm³/mol. The zero-order chi connectivity index (χ0) is 21.6. The maximum atomic E-state index is 11.2. The zero-order valence-corrected chi connectivity index (χ0v) is 19.0. The van der Waals surface area contributed by atoms with Crippen LogP contribution in [0.4, 0.5) is 0 Å². The summed E-state index contributed by atoms with van der Waals surface area (Å²) in [5.41, 5.74) is 3.87. The number of nitrogens with zero attached hydrogens (tertiary/aromatic N) is 2. The van der Waals surface area contributed by atoms with Crippen LogP contribution in [0, 0.1) is 0 Å². The summed E-state index contributed by atoms with van der Waals surface area (Å²) in [5, 5.41) is 9.22. The molecule has 6 heteroatoms. The van der Waals surface area contributed by atoms with E-state index in [1.807, 2.05) is 53.1 Å². The van der Waals surface area contributed by atoms with Gasteiger partial charge in [0.05, 0.1) is 17.8 Å². The van der Waals surface area contributed by atoms with Crippen molar-refractivity contribution < 1.29 is 14.6 Å². The predicted octanol–water partition coefficient (Wildman–Crippen LogP) is 5.55. The molecule has 1 heterocycles. The summed E-state index contributed by atoms with van der Waals surface area (Å²) < 4.78 is 8.11. The molecule has 0 aliphatic carbocycles. The fraction of sp³-hybridized carbons (Fsp3) is 0.333. The highest BCUT2D eigenvalue weighted by Gasteiger charge is 2.21. The molecule has 0 atom stereocenters. The largest absolute Gasteiger partial charge is 0.481 e. The van der Waals surface area contributed by atoms with E-state index in [1.165, 1.54) is 0 Å². The first-order valence-electron chi connectivity index (χ1n) is 10.3. The fourth-order valence-electron chi connectivity index (χ4n) is 3.27. The van der Waals surface area contributed by atoms with Gasteiger partial charge in [0.25, 0.3) is 0 Å². The van der Waals surface area contributed by atoms with Crippen LogP contribution in [0.1, 0.15) is 12.2 Å². The van der Waals surface area contributed by atoms with Crippen molar-refractivity contribution >= 4 is 14.0 Å². The van der Waals surface area contributed by atoms with Crippen LogP contribution in [0.2, 0.25) is 25.7 Å². The summed E-state index contributed by atoms with van der Waals surface area (Å²) in [6, 6.07) is 21.2. The summed E-state index contributed by atoms with van der Waals surface area (Å²) in [7, 11) is -1.19. The van der Waals surface area contributed by atoms with Crippen LogP contribution in [-0.2, 0) is 22.7 Å². The van der Waals surface area contributed by atoms with Gasteiger partial charge in [-0.25, -0.2) is 4.98 Å². The number of imidazole rings is 1. The number of aliphatic carboxylic acids is 1. The van der Waals surface area contributed by atoms with Crippen molar-refractivity contribution in [2.45, 2.75) is 45.3 Å². The van der Waals surface area contributed by atoms with Gasteiger partial charge >= 0.3 is 5.97 Å². The van der Waals surface area contributed by atoms with Crippen molar-refractivity contribution in [2.75, 3.05) is 6.61 Å². The van der Waals surface area contributed by atoms with Gasteiger partial charge in [-0.05, 0) is 6.04 Å². The smallest absolute Gasteiger partial charge is 0.303 e. The SMILES string of the molecule is C[Si](C)(C)CCOCn1c(CCC(=O)O)nc(-c2ccccc2)c1-c1ccccc1. The summed E-state index contributed by atoms with van der Waals surface area (Å²) >= 11 is 0. The van der Waals surface area contributed by atoms with Gasteiger partial charge in [0.15, 0.2) is 0 Å². The summed E-state index contributed by atoms with van der Waals surface area (Å²) in [5.74, 6) is -0.0881. The number of aryl methyl sites for hydroxylation is 1. The van der Waals surface area contributed by atoms with Crippen LogP contribution in [0.25, 0.3) is 22.5 Å². The number of ether oxygens (including phenoxy) is 1. The monoisotopic (exact) mass is 422 g/mol. The van der Waals surface area contributed by atoms with Gasteiger partial charge in [-0.2, -0.15) is 0 Å². The maximum Gasteiger partial charge on any atom is 0.303 e. The number of hydrogen-bond acceptors (Lipinski definition) is 3. The molecule has 1 N–H and O–H groups in total. The van der Waals surface area contributed by atoms with Gasteiger partial charge in [-0.3, -0.25) is 4.79 Å². The Morgan fingerprint density at radius 1 is 1.00 bits per heavy atom. The number of hydrogen-bond donors (Lipinski definition) is 1. The zero-order valence-electron chi connectivity index (χ0n) is 18.0. The van der Waals surface area contributed by atoms with E-state index in [-0.39, 0.29) is 6.42 Å². The molecule has 3 aromatic rings. The van der Waals surface area contributed by atoms with Gasteiger partial charge in [-0.1, -0.05) is 80.3 Å². The molecule has 0 radical (unpaired) electrons. The number of benzene rings is 2. The fourth-order valence-corrected chi connectivity index (χ4v) is 4.02. The quantitative estimate of drug-likeness (QED) is 0.344. The summed E-state index contributed by atoms with van der Waals surface area (Å²) in [4.78, 5) is 16.1. The third kappa shape index (κ3) is 5.90. The molecular weight excluding hydrogens is 392 g/mol. The summed E-state index contributed by atoms with van der Waals surface area (Å²) in [6.07, 6.45) is 0.397. The number of carboxylic acid groups (broad SMARTS) is 1. The van der Waals surface area contributed by atoms with Gasteiger partial charge in [0.2, 0.25) is 0 Å². The Morgan fingerprint density at radius 2 is 1.60 bits per heavy atom. The lowest BCUT2D eigenvalue weighted by Crippen LogP contribution is -2.22. The second-order valence-electron chi connectivity index (χ2n) is 8.63. The Kier molecular flexibility index (Phi) is 7.23. The van der Waals surface area contributed by atoms with Crippen molar-refractivity contribution in [3.63, 3.8) is 0 Å². The molecule has 158 valence electrons. The number of aromatic nitrogens is 2. The number of carbonyl (C=O) groups is 1. The number of carboxylic acids is 1. The Bertz CT molecular complexity index is 963. The minimum absolute atomic E-state index is 0.0361. The molecule has 0 aliphatic rings. The van der Waals surface area contributed by atoms with Crippen molar-refractivity contribution in [1.29, 1.82) is 0 Å². The third-order valence-electron chi connectivity index (χ3n) is 4.92. The second-order valence-corrected chi connectivity index (χ2v) is 14.2. The highest BCUT2D eigenvalue weighted by molar-refractivity contribution is 6.76. The van der Waals surface area contributed by atoms with E-state index in [0.717, 1.165) is 34.4 Å². The minimum atomic E-state index is -1.19. The molecule has 3 rings (SSSR count). The first kappa shape index (κ1) is 22.0. The molecule has 5 nitrogen and oxygen atoms in total. The molecule has 0 amide bonds. The van der Waals surface area contributed by atoms with Crippen LogP contribution in [-0.4, -0.2) is 35.3 Å². The van der Waals surface area contributed by atoms with Crippen molar-refractivity contribution in [3.8, 4) is 22.5 Å². The van der Waals surface area contributed by atoms with Gasteiger partial charge < -0.3 is 14.4 Å². The minimum Gasteiger partial charge on any atom is -0.481 e. The lowest BCUT2D eigenvalue weighted by molar-refractivity contribution is -0.137. The van der Waals surface area contributed by atoms with Gasteiger partial charge in [0.1, 0.15) is 12.6 Å². The Balaban J connectivity index is 2.03. The lowest BCUT2D eigenvalue weighted by atomic mass is 10.0. The summed E-state index contributed by atoms with van der Waals surface area (Å²) in [6.45, 7) is 8.04. The third-order valence-corrected chi connectivity index (χ3v) is 6.62. The molecule has 0 fully saturated rings. The molecule has 0 bridgehead atoms.